The van der Waals surface area contributed by atoms with Crippen molar-refractivity contribution in [3.05, 3.63) is 17.7 Å². The highest BCUT2D eigenvalue weighted by Gasteiger charge is 2.47. The van der Waals surface area contributed by atoms with Crippen molar-refractivity contribution in [1.82, 2.24) is 5.32 Å². The average molecular weight is 439 g/mol. The van der Waals surface area contributed by atoms with Gasteiger partial charge in [-0.3, -0.25) is 4.79 Å². The van der Waals surface area contributed by atoms with Crippen LogP contribution in [0.5, 0.6) is 17.2 Å². The third-order valence-corrected chi connectivity index (χ3v) is 7.74. The number of hydrogen-bond donors (Lipinski definition) is 5. The van der Waals surface area contributed by atoms with Gasteiger partial charge in [-0.25, -0.2) is 0 Å². The smallest absolute Gasteiger partial charge is 0.503 e. The maximum absolute atomic E-state index is 12.3. The van der Waals surface area contributed by atoms with Crippen LogP contribution in [0.2, 0.25) is 5.54 Å². The lowest BCUT2D eigenvalue weighted by atomic mass is 10.1. The van der Waals surface area contributed by atoms with Crippen LogP contribution in [0, 0.1) is 0 Å². The molecule has 0 spiro atoms. The molecule has 0 aliphatic rings. The maximum Gasteiger partial charge on any atom is 0.503 e. The van der Waals surface area contributed by atoms with E-state index in [0.717, 1.165) is 25.1 Å². The second-order valence-electron chi connectivity index (χ2n) is 6.57. The van der Waals surface area contributed by atoms with E-state index in [1.807, 2.05) is 0 Å². The Balaban J connectivity index is 0.00000729. The molecule has 28 heavy (non-hydrogen) atoms. The van der Waals surface area contributed by atoms with E-state index in [-0.39, 0.29) is 23.5 Å². The van der Waals surface area contributed by atoms with Gasteiger partial charge in [0.15, 0.2) is 17.2 Å². The third-order valence-electron chi connectivity index (χ3n) is 4.46. The molecule has 1 atom stereocenters. The molecular formula is C17H31ClN2O7Si. The minimum absolute atomic E-state index is 0. The van der Waals surface area contributed by atoms with Crippen molar-refractivity contribution in [1.29, 1.82) is 0 Å². The summed E-state index contributed by atoms with van der Waals surface area (Å²) in [7, 11) is 5.93. The van der Waals surface area contributed by atoms with Crippen molar-refractivity contribution in [2.75, 3.05) is 48.5 Å². The Morgan fingerprint density at radius 2 is 1.57 bits per heavy atom. The Morgan fingerprint density at radius 3 is 2.00 bits per heavy atom. The maximum atomic E-state index is 12.3. The van der Waals surface area contributed by atoms with E-state index in [1.54, 1.807) is 21.3 Å². The molecule has 1 aromatic carbocycles. The van der Waals surface area contributed by atoms with E-state index in [2.05, 4.69) is 19.4 Å². The standard InChI is InChI=1S/C17H30N2O7Si.ClH/c1-19(2)9-7-13(27(24-3,25-4)26-5)6-8-18-17(23)12-10-14(20)16(22)15(21)11-12;/h10-11,13,20-22H,6-9H2,1-5H3,(H,18,23);1H. The van der Waals surface area contributed by atoms with Crippen LogP contribution in [-0.2, 0) is 13.3 Å². The first-order valence-electron chi connectivity index (χ1n) is 8.68. The quantitative estimate of drug-likeness (QED) is 0.181. The van der Waals surface area contributed by atoms with Crippen LogP contribution in [0.1, 0.15) is 23.2 Å². The monoisotopic (exact) mass is 438 g/mol. The van der Waals surface area contributed by atoms with E-state index >= 15 is 0 Å². The molecule has 0 bridgehead atoms. The fraction of sp³-hybridized carbons (Fsp3) is 0.588. The summed E-state index contributed by atoms with van der Waals surface area (Å²) in [5.74, 6) is -2.25. The average Bonchev–Trinajstić information content (AvgIpc) is 2.64. The summed E-state index contributed by atoms with van der Waals surface area (Å²) in [6.07, 6.45) is 1.39. The molecule has 0 aliphatic carbocycles. The molecule has 0 aromatic heterocycles. The van der Waals surface area contributed by atoms with Gasteiger partial charge >= 0.3 is 8.80 Å². The second-order valence-corrected chi connectivity index (χ2v) is 9.81. The van der Waals surface area contributed by atoms with Crippen LogP contribution in [0.15, 0.2) is 12.1 Å². The summed E-state index contributed by atoms with van der Waals surface area (Å²) in [4.78, 5) is 13.5. The zero-order valence-electron chi connectivity index (χ0n) is 16.9. The van der Waals surface area contributed by atoms with E-state index in [9.17, 15) is 20.1 Å². The summed E-state index contributed by atoms with van der Waals surface area (Å²) in [5, 5.41) is 31.2. The number of carbonyl (C=O) groups is 1. The van der Waals surface area contributed by atoms with Gasteiger partial charge in [-0.1, -0.05) is 0 Å². The molecule has 1 rings (SSSR count). The first-order chi connectivity index (χ1) is 12.7. The largest absolute Gasteiger partial charge is 1.00 e. The lowest BCUT2D eigenvalue weighted by molar-refractivity contribution is -0.858. The van der Waals surface area contributed by atoms with E-state index in [0.29, 0.717) is 13.0 Å². The van der Waals surface area contributed by atoms with Gasteiger partial charge in [-0.05, 0) is 18.6 Å². The number of rotatable bonds is 11. The molecule has 9 nitrogen and oxygen atoms in total. The number of halogens is 1. The number of phenolic OH excluding ortho intramolecular Hbond substituents is 3. The van der Waals surface area contributed by atoms with Crippen LogP contribution in [-0.4, -0.2) is 78.5 Å². The first-order valence-corrected chi connectivity index (χ1v) is 10.5. The van der Waals surface area contributed by atoms with Crippen LogP contribution in [0.3, 0.4) is 0 Å². The van der Waals surface area contributed by atoms with E-state index in [1.165, 1.54) is 4.90 Å². The molecule has 0 heterocycles. The number of aromatic hydroxyl groups is 3. The molecule has 0 saturated heterocycles. The zero-order valence-corrected chi connectivity index (χ0v) is 18.7. The van der Waals surface area contributed by atoms with Gasteiger partial charge < -0.3 is 51.2 Å². The van der Waals surface area contributed by atoms with Crippen LogP contribution < -0.4 is 22.6 Å². The van der Waals surface area contributed by atoms with Crippen LogP contribution in [0.25, 0.3) is 0 Å². The van der Waals surface area contributed by atoms with Crippen molar-refractivity contribution < 1.29 is 50.7 Å². The van der Waals surface area contributed by atoms with E-state index < -0.39 is 32.0 Å². The lowest BCUT2D eigenvalue weighted by Crippen LogP contribution is -3.05. The molecule has 1 unspecified atom stereocenters. The normalized spacial score (nSPS) is 12.5. The fourth-order valence-corrected chi connectivity index (χ4v) is 5.40. The summed E-state index contributed by atoms with van der Waals surface area (Å²) in [6.45, 7) is 1.22. The lowest BCUT2D eigenvalue weighted by Gasteiger charge is -2.32. The first kappa shape index (κ1) is 26.4. The van der Waals surface area contributed by atoms with Gasteiger partial charge in [-0.15, -0.1) is 0 Å². The molecule has 1 amide bonds. The van der Waals surface area contributed by atoms with Gasteiger partial charge in [0.25, 0.3) is 5.91 Å². The highest BCUT2D eigenvalue weighted by molar-refractivity contribution is 6.62. The fourth-order valence-electron chi connectivity index (χ4n) is 2.91. The highest BCUT2D eigenvalue weighted by Crippen LogP contribution is 2.35. The minimum atomic E-state index is -2.87. The predicted molar refractivity (Wildman–Crippen MR) is 101 cm³/mol. The molecule has 0 aliphatic heterocycles. The molecule has 162 valence electrons. The number of carbonyl (C=O) groups excluding carboxylic acids is 1. The summed E-state index contributed by atoms with van der Waals surface area (Å²) in [5.41, 5.74) is 0.0418. The Kier molecular flexibility index (Phi) is 11.4. The third kappa shape index (κ3) is 6.80. The Hall–Kier alpha value is -1.56. The number of amides is 1. The molecule has 11 heteroatoms. The number of phenols is 3. The molecule has 0 saturated carbocycles. The Morgan fingerprint density at radius 1 is 1.07 bits per heavy atom. The summed E-state index contributed by atoms with van der Waals surface area (Å²) >= 11 is 0. The van der Waals surface area contributed by atoms with Crippen LogP contribution >= 0.6 is 0 Å². The number of quaternary nitrogens is 1. The number of hydrogen-bond acceptors (Lipinski definition) is 7. The van der Waals surface area contributed by atoms with Gasteiger partial charge in [-0.2, -0.15) is 0 Å². The number of nitrogens with one attached hydrogen (secondary N) is 2. The summed E-state index contributed by atoms with van der Waals surface area (Å²) < 4.78 is 16.8. The topological polar surface area (TPSA) is 122 Å². The van der Waals surface area contributed by atoms with Gasteiger partial charge in [0, 0.05) is 45.4 Å². The Bertz CT molecular complexity index is 598. The molecule has 1 aromatic rings. The van der Waals surface area contributed by atoms with Gasteiger partial charge in [0.05, 0.1) is 20.6 Å². The number of benzene rings is 1. The van der Waals surface area contributed by atoms with Gasteiger partial charge in [0.2, 0.25) is 0 Å². The summed E-state index contributed by atoms with van der Waals surface area (Å²) in [6, 6.07) is 2.19. The molecule has 0 fully saturated rings. The van der Waals surface area contributed by atoms with E-state index in [4.69, 9.17) is 13.3 Å². The minimum Gasteiger partial charge on any atom is -1.00 e. The van der Waals surface area contributed by atoms with Crippen molar-refractivity contribution in [3.63, 3.8) is 0 Å². The molecule has 0 radical (unpaired) electrons. The van der Waals surface area contributed by atoms with Crippen molar-refractivity contribution in [3.8, 4) is 17.2 Å². The SMILES string of the molecule is CO[Si](OC)(OC)C(CCNC(=O)c1cc(O)c(O)c(O)c1)CC[NH+](C)C.[Cl-]. The highest BCUT2D eigenvalue weighted by atomic mass is 35.5. The van der Waals surface area contributed by atoms with Crippen molar-refractivity contribution in [2.45, 2.75) is 18.4 Å². The van der Waals surface area contributed by atoms with Crippen molar-refractivity contribution >= 4 is 14.7 Å². The second kappa shape index (κ2) is 12.1. The zero-order chi connectivity index (χ0) is 20.6. The van der Waals surface area contributed by atoms with Gasteiger partial charge in [0.1, 0.15) is 0 Å². The Labute approximate surface area is 173 Å². The van der Waals surface area contributed by atoms with Crippen LogP contribution in [0.4, 0.5) is 0 Å². The molecule has 5 N–H and O–H groups in total. The molecular weight excluding hydrogens is 408 g/mol. The van der Waals surface area contributed by atoms with Crippen molar-refractivity contribution in [2.24, 2.45) is 0 Å². The predicted octanol–water partition coefficient (Wildman–Crippen LogP) is -3.29.